The summed E-state index contributed by atoms with van der Waals surface area (Å²) >= 11 is 0. The molecule has 11 heteroatoms. The van der Waals surface area contributed by atoms with Crippen LogP contribution in [-0.4, -0.2) is 74.0 Å². The molecule has 0 spiro atoms. The van der Waals surface area contributed by atoms with E-state index in [2.05, 4.69) is 16.0 Å². The molecule has 1 aromatic rings. The molecule has 0 bridgehead atoms. The smallest absolute Gasteiger partial charge is 0.275 e. The average Bonchev–Trinajstić information content (AvgIpc) is 2.70. The molecule has 3 saturated heterocycles. The average molecular weight is 462 g/mol. The molecule has 3 heterocycles. The van der Waals surface area contributed by atoms with Crippen molar-refractivity contribution in [1.29, 1.82) is 0 Å². The highest BCUT2D eigenvalue weighted by molar-refractivity contribution is 6.01. The molecule has 2 atom stereocenters. The van der Waals surface area contributed by atoms with Gasteiger partial charge in [0.15, 0.2) is 0 Å². The van der Waals surface area contributed by atoms with E-state index in [1.54, 1.807) is 12.1 Å². The van der Waals surface area contributed by atoms with E-state index in [0.29, 0.717) is 56.9 Å². The Hall–Kier alpha value is -2.04. The monoisotopic (exact) mass is 461 g/mol. The summed E-state index contributed by atoms with van der Waals surface area (Å²) in [6, 6.07) is 3.30. The summed E-state index contributed by atoms with van der Waals surface area (Å²) < 4.78 is 43.1. The Morgan fingerprint density at radius 2 is 1.84 bits per heavy atom. The molecule has 0 radical (unpaired) electrons. The first-order chi connectivity index (χ1) is 14.3. The molecule has 3 aliphatic rings. The molecule has 0 aromatic heterocycles. The van der Waals surface area contributed by atoms with Crippen LogP contribution >= 0.6 is 12.4 Å². The zero-order valence-electron chi connectivity index (χ0n) is 17.0. The number of hydrogen-bond acceptors (Lipinski definition) is 6. The van der Waals surface area contributed by atoms with Crippen LogP contribution in [0.15, 0.2) is 18.2 Å². The van der Waals surface area contributed by atoms with E-state index in [1.165, 1.54) is 6.07 Å². The van der Waals surface area contributed by atoms with E-state index in [0.717, 1.165) is 0 Å². The Labute approximate surface area is 185 Å². The number of benzene rings is 1. The van der Waals surface area contributed by atoms with Crippen molar-refractivity contribution in [2.45, 2.75) is 37.3 Å². The minimum Gasteiger partial charge on any atom is -0.374 e. The molecule has 3 fully saturated rings. The number of halogens is 4. The normalized spacial score (nSPS) is 26.7. The van der Waals surface area contributed by atoms with Crippen LogP contribution in [0.25, 0.3) is 0 Å². The maximum absolute atomic E-state index is 14.7. The standard InChI is InChI=1S/C20H26F3N5O2.ClH/c21-14-11-13(25-15-2-4-18(29)26-19(15)30)1-3-16(14)27-7-9-28(10-8-27)17-5-6-24-12-20(17,22)23;/h1,3,11,15,17,24-25H,2,4-10,12H2,(H,26,29,30);1H/t15?,17-;/m0./s1. The van der Waals surface area contributed by atoms with Gasteiger partial charge in [-0.2, -0.15) is 0 Å². The lowest BCUT2D eigenvalue weighted by molar-refractivity contribution is -0.133. The van der Waals surface area contributed by atoms with Crippen molar-refractivity contribution < 1.29 is 22.8 Å². The van der Waals surface area contributed by atoms with E-state index in [-0.39, 0.29) is 31.3 Å². The van der Waals surface area contributed by atoms with Gasteiger partial charge in [0.2, 0.25) is 11.8 Å². The molecule has 172 valence electrons. The van der Waals surface area contributed by atoms with Crippen LogP contribution in [0, 0.1) is 5.82 Å². The summed E-state index contributed by atoms with van der Waals surface area (Å²) in [7, 11) is 0. The molecule has 3 aliphatic heterocycles. The van der Waals surface area contributed by atoms with Gasteiger partial charge in [0.05, 0.1) is 18.3 Å². The minimum absolute atomic E-state index is 0. The second-order valence-electron chi connectivity index (χ2n) is 8.08. The van der Waals surface area contributed by atoms with Gasteiger partial charge in [-0.15, -0.1) is 12.4 Å². The van der Waals surface area contributed by atoms with Crippen molar-refractivity contribution in [3.63, 3.8) is 0 Å². The SMILES string of the molecule is Cl.O=C1CCC(Nc2ccc(N3CCN([C@H]4CCNCC4(F)F)CC3)c(F)c2)C(=O)N1. The summed E-state index contributed by atoms with van der Waals surface area (Å²) in [4.78, 5) is 26.8. The van der Waals surface area contributed by atoms with Crippen LogP contribution in [0.4, 0.5) is 24.5 Å². The third-order valence-corrected chi connectivity index (χ3v) is 6.07. The molecule has 7 nitrogen and oxygen atoms in total. The number of nitrogens with one attached hydrogen (secondary N) is 3. The van der Waals surface area contributed by atoms with Gasteiger partial charge in [-0.3, -0.25) is 19.8 Å². The topological polar surface area (TPSA) is 76.7 Å². The molecule has 4 rings (SSSR count). The van der Waals surface area contributed by atoms with Crippen LogP contribution in [0.5, 0.6) is 0 Å². The Bertz CT molecular complexity index is 820. The van der Waals surface area contributed by atoms with E-state index >= 15 is 0 Å². The quantitative estimate of drug-likeness (QED) is 0.591. The largest absolute Gasteiger partial charge is 0.374 e. The first-order valence-corrected chi connectivity index (χ1v) is 10.3. The zero-order chi connectivity index (χ0) is 21.3. The summed E-state index contributed by atoms with van der Waals surface area (Å²) in [6.07, 6.45) is 1.00. The van der Waals surface area contributed by atoms with E-state index in [4.69, 9.17) is 0 Å². The van der Waals surface area contributed by atoms with Crippen molar-refractivity contribution in [2.75, 3.05) is 49.5 Å². The van der Waals surface area contributed by atoms with Crippen molar-refractivity contribution in [2.24, 2.45) is 0 Å². The molecule has 0 aliphatic carbocycles. The number of hydrogen-bond donors (Lipinski definition) is 3. The number of piperidine rings is 2. The molecular weight excluding hydrogens is 435 g/mol. The maximum atomic E-state index is 14.7. The van der Waals surface area contributed by atoms with Gasteiger partial charge in [-0.1, -0.05) is 0 Å². The zero-order valence-corrected chi connectivity index (χ0v) is 17.8. The minimum atomic E-state index is -2.75. The van der Waals surface area contributed by atoms with E-state index < -0.39 is 29.7 Å². The van der Waals surface area contributed by atoms with Crippen molar-refractivity contribution in [1.82, 2.24) is 15.5 Å². The number of carbonyl (C=O) groups excluding carboxylic acids is 2. The first-order valence-electron chi connectivity index (χ1n) is 10.3. The van der Waals surface area contributed by atoms with Crippen LogP contribution < -0.4 is 20.9 Å². The predicted molar refractivity (Wildman–Crippen MR) is 113 cm³/mol. The van der Waals surface area contributed by atoms with Gasteiger partial charge < -0.3 is 15.5 Å². The van der Waals surface area contributed by atoms with Gasteiger partial charge in [0.1, 0.15) is 11.9 Å². The number of imide groups is 1. The van der Waals surface area contributed by atoms with Gasteiger partial charge in [-0.05, 0) is 37.6 Å². The lowest BCUT2D eigenvalue weighted by atomic mass is 9.99. The number of rotatable bonds is 4. The number of nitrogens with zero attached hydrogens (tertiary/aromatic N) is 2. The number of anilines is 2. The Kier molecular flexibility index (Phi) is 7.33. The molecule has 1 aromatic carbocycles. The highest BCUT2D eigenvalue weighted by Crippen LogP contribution is 2.30. The van der Waals surface area contributed by atoms with Gasteiger partial charge in [0.25, 0.3) is 5.92 Å². The van der Waals surface area contributed by atoms with Gasteiger partial charge in [0, 0.05) is 38.3 Å². The second-order valence-corrected chi connectivity index (χ2v) is 8.08. The number of alkyl halides is 2. The van der Waals surface area contributed by atoms with Crippen LogP contribution in [-0.2, 0) is 9.59 Å². The third-order valence-electron chi connectivity index (χ3n) is 6.07. The predicted octanol–water partition coefficient (Wildman–Crippen LogP) is 1.58. The summed E-state index contributed by atoms with van der Waals surface area (Å²) in [5.41, 5.74) is 0.874. The van der Waals surface area contributed by atoms with E-state index in [1.807, 2.05) is 9.80 Å². The molecular formula is C20H27ClF3N5O2. The van der Waals surface area contributed by atoms with Gasteiger partial charge >= 0.3 is 0 Å². The molecule has 0 saturated carbocycles. The number of carbonyl (C=O) groups is 2. The highest BCUT2D eigenvalue weighted by Gasteiger charge is 2.45. The molecule has 3 N–H and O–H groups in total. The molecule has 1 unspecified atom stereocenters. The maximum Gasteiger partial charge on any atom is 0.275 e. The first kappa shape index (κ1) is 23.6. The number of amides is 2. The fourth-order valence-electron chi connectivity index (χ4n) is 4.43. The molecule has 31 heavy (non-hydrogen) atoms. The Morgan fingerprint density at radius 3 is 2.48 bits per heavy atom. The Balaban J connectivity index is 0.00000272. The molecule has 2 amide bonds. The van der Waals surface area contributed by atoms with Crippen molar-refractivity contribution in [3.8, 4) is 0 Å². The lowest BCUT2D eigenvalue weighted by Gasteiger charge is -2.44. The van der Waals surface area contributed by atoms with Gasteiger partial charge in [-0.25, -0.2) is 13.2 Å². The highest BCUT2D eigenvalue weighted by atomic mass is 35.5. The lowest BCUT2D eigenvalue weighted by Crippen LogP contribution is -2.61. The summed E-state index contributed by atoms with van der Waals surface area (Å²) in [5, 5.41) is 7.96. The second kappa shape index (κ2) is 9.62. The fourth-order valence-corrected chi connectivity index (χ4v) is 4.43. The number of piperazine rings is 1. The van der Waals surface area contributed by atoms with Crippen molar-refractivity contribution in [3.05, 3.63) is 24.0 Å². The van der Waals surface area contributed by atoms with Crippen LogP contribution in [0.2, 0.25) is 0 Å². The summed E-state index contributed by atoms with van der Waals surface area (Å²) in [5.74, 6) is -3.91. The third kappa shape index (κ3) is 5.24. The Morgan fingerprint density at radius 1 is 1.10 bits per heavy atom. The van der Waals surface area contributed by atoms with Crippen LogP contribution in [0.1, 0.15) is 19.3 Å². The van der Waals surface area contributed by atoms with E-state index in [9.17, 15) is 22.8 Å². The van der Waals surface area contributed by atoms with Crippen LogP contribution in [0.3, 0.4) is 0 Å². The summed E-state index contributed by atoms with van der Waals surface area (Å²) in [6.45, 7) is 2.13. The van der Waals surface area contributed by atoms with Crippen molar-refractivity contribution >= 4 is 35.6 Å². The fraction of sp³-hybridized carbons (Fsp3) is 0.600.